The van der Waals surface area contributed by atoms with E-state index in [0.717, 1.165) is 12.8 Å². The molecule has 6 nitrogen and oxygen atoms in total. The minimum Gasteiger partial charge on any atom is -0.481 e. The first-order valence-electron chi connectivity index (χ1n) is 6.76. The summed E-state index contributed by atoms with van der Waals surface area (Å²) in [4.78, 5) is 21.8. The van der Waals surface area contributed by atoms with E-state index in [1.54, 1.807) is 0 Å². The van der Waals surface area contributed by atoms with Crippen molar-refractivity contribution in [2.24, 2.45) is 5.92 Å². The number of carbonyl (C=O) groups excluding carboxylic acids is 1. The number of carbonyl (C=O) groups is 2. The van der Waals surface area contributed by atoms with Crippen LogP contribution in [0.15, 0.2) is 0 Å². The molecule has 112 valence electrons. The van der Waals surface area contributed by atoms with Crippen LogP contribution >= 0.6 is 0 Å². The molecular formula is C13H25NO5. The fraction of sp³-hybridized carbons (Fsp3) is 0.846. The molecule has 0 aromatic heterocycles. The van der Waals surface area contributed by atoms with Crippen LogP contribution in [0.25, 0.3) is 0 Å². The number of aliphatic carboxylic acids is 1. The molecule has 0 aliphatic rings. The van der Waals surface area contributed by atoms with Gasteiger partial charge in [0, 0.05) is 12.5 Å². The molecule has 0 rings (SSSR count). The van der Waals surface area contributed by atoms with Crippen LogP contribution in [0.2, 0.25) is 0 Å². The Labute approximate surface area is 114 Å². The molecule has 0 unspecified atom stereocenters. The summed E-state index contributed by atoms with van der Waals surface area (Å²) in [6, 6.07) is 0. The van der Waals surface area contributed by atoms with Crippen molar-refractivity contribution >= 4 is 11.9 Å². The molecular weight excluding hydrogens is 250 g/mol. The summed E-state index contributed by atoms with van der Waals surface area (Å²) in [6.45, 7) is 5.90. The molecule has 0 aromatic carbocycles. The molecule has 0 aromatic rings. The van der Waals surface area contributed by atoms with Gasteiger partial charge in [-0.2, -0.15) is 0 Å². The third-order valence-corrected chi connectivity index (χ3v) is 2.73. The number of ether oxygens (including phenoxy) is 2. The molecule has 0 saturated carbocycles. The Morgan fingerprint density at radius 2 is 1.63 bits per heavy atom. The fourth-order valence-corrected chi connectivity index (χ4v) is 1.53. The Balaban J connectivity index is 3.31. The molecule has 0 spiro atoms. The Bertz CT molecular complexity index is 253. The quantitative estimate of drug-likeness (QED) is 0.520. The van der Waals surface area contributed by atoms with Gasteiger partial charge in [0.2, 0.25) is 5.91 Å². The molecule has 0 heterocycles. The highest BCUT2D eigenvalue weighted by Gasteiger charge is 2.12. The zero-order chi connectivity index (χ0) is 14.5. The van der Waals surface area contributed by atoms with E-state index in [9.17, 15) is 9.59 Å². The average Bonchev–Trinajstić information content (AvgIpc) is 2.37. The lowest BCUT2D eigenvalue weighted by Crippen LogP contribution is -2.32. The highest BCUT2D eigenvalue weighted by molar-refractivity contribution is 5.78. The van der Waals surface area contributed by atoms with E-state index >= 15 is 0 Å². The monoisotopic (exact) mass is 275 g/mol. The first-order chi connectivity index (χ1) is 9.11. The van der Waals surface area contributed by atoms with Gasteiger partial charge in [0.25, 0.3) is 0 Å². The summed E-state index contributed by atoms with van der Waals surface area (Å²) in [7, 11) is 0. The number of hydrogen-bond donors (Lipinski definition) is 2. The lowest BCUT2D eigenvalue weighted by atomic mass is 10.0. The maximum Gasteiger partial charge on any atom is 0.305 e. The summed E-state index contributed by atoms with van der Waals surface area (Å²) < 4.78 is 10.3. The molecule has 19 heavy (non-hydrogen) atoms. The summed E-state index contributed by atoms with van der Waals surface area (Å²) in [5.74, 6) is -0.712. The van der Waals surface area contributed by atoms with Gasteiger partial charge in [0.1, 0.15) is 0 Å². The number of carboxylic acid groups (broad SMARTS) is 1. The van der Waals surface area contributed by atoms with E-state index < -0.39 is 5.97 Å². The first kappa shape index (κ1) is 17.9. The minimum atomic E-state index is -0.870. The second-order valence-electron chi connectivity index (χ2n) is 4.17. The average molecular weight is 275 g/mol. The lowest BCUT2D eigenvalue weighted by Gasteiger charge is -2.12. The van der Waals surface area contributed by atoms with Gasteiger partial charge in [0.15, 0.2) is 0 Å². The topological polar surface area (TPSA) is 84.9 Å². The Morgan fingerprint density at radius 3 is 2.16 bits per heavy atom. The van der Waals surface area contributed by atoms with Crippen molar-refractivity contribution in [1.29, 1.82) is 0 Å². The summed E-state index contributed by atoms with van der Waals surface area (Å²) in [5.41, 5.74) is 0. The smallest absolute Gasteiger partial charge is 0.305 e. The van der Waals surface area contributed by atoms with Crippen LogP contribution < -0.4 is 5.32 Å². The normalized spacial score (nSPS) is 10.7. The Kier molecular flexibility index (Phi) is 11.2. The molecule has 0 aliphatic carbocycles. The fourth-order valence-electron chi connectivity index (χ4n) is 1.53. The number of nitrogens with one attached hydrogen (secondary N) is 1. The van der Waals surface area contributed by atoms with Crippen molar-refractivity contribution in [1.82, 2.24) is 5.32 Å². The number of carboxylic acids is 1. The first-order valence-corrected chi connectivity index (χ1v) is 6.76. The third-order valence-electron chi connectivity index (χ3n) is 2.73. The van der Waals surface area contributed by atoms with Gasteiger partial charge in [0.05, 0.1) is 32.8 Å². The van der Waals surface area contributed by atoms with Gasteiger partial charge in [-0.15, -0.1) is 0 Å². The zero-order valence-electron chi connectivity index (χ0n) is 11.8. The predicted octanol–water partition coefficient (Wildman–Crippen LogP) is 1.05. The number of amides is 1. The van der Waals surface area contributed by atoms with Gasteiger partial charge in [-0.25, -0.2) is 0 Å². The molecule has 2 N–H and O–H groups in total. The second-order valence-corrected chi connectivity index (χ2v) is 4.17. The maximum atomic E-state index is 11.6. The third kappa shape index (κ3) is 10.5. The molecule has 0 fully saturated rings. The van der Waals surface area contributed by atoms with Crippen LogP contribution in [-0.2, 0) is 19.1 Å². The highest BCUT2D eigenvalue weighted by atomic mass is 16.5. The van der Waals surface area contributed by atoms with E-state index in [0.29, 0.717) is 26.4 Å². The van der Waals surface area contributed by atoms with Crippen LogP contribution in [0, 0.1) is 5.92 Å². The van der Waals surface area contributed by atoms with Crippen molar-refractivity contribution in [3.8, 4) is 0 Å². The largest absolute Gasteiger partial charge is 0.481 e. The highest BCUT2D eigenvalue weighted by Crippen LogP contribution is 2.06. The maximum absolute atomic E-state index is 11.6. The van der Waals surface area contributed by atoms with Crippen molar-refractivity contribution in [2.45, 2.75) is 33.1 Å². The minimum absolute atomic E-state index is 0.00544. The Hall–Kier alpha value is -1.14. The van der Waals surface area contributed by atoms with E-state index in [1.165, 1.54) is 0 Å². The van der Waals surface area contributed by atoms with Crippen LogP contribution in [0.4, 0.5) is 0 Å². The van der Waals surface area contributed by atoms with Crippen molar-refractivity contribution in [2.75, 3.05) is 33.0 Å². The van der Waals surface area contributed by atoms with E-state index in [4.69, 9.17) is 14.6 Å². The molecule has 0 bridgehead atoms. The van der Waals surface area contributed by atoms with Crippen molar-refractivity contribution in [3.05, 3.63) is 0 Å². The molecule has 0 aliphatic heterocycles. The number of hydrogen-bond acceptors (Lipinski definition) is 4. The van der Waals surface area contributed by atoms with Crippen LogP contribution in [0.5, 0.6) is 0 Å². The van der Waals surface area contributed by atoms with Gasteiger partial charge < -0.3 is 19.9 Å². The van der Waals surface area contributed by atoms with Gasteiger partial charge in [-0.3, -0.25) is 9.59 Å². The Morgan fingerprint density at radius 1 is 1.05 bits per heavy atom. The van der Waals surface area contributed by atoms with Gasteiger partial charge in [-0.1, -0.05) is 13.8 Å². The second kappa shape index (κ2) is 11.9. The SMILES string of the molecule is CCC(CC)C(=O)NCCOCCOCCC(=O)O. The van der Waals surface area contributed by atoms with Crippen molar-refractivity contribution < 1.29 is 24.2 Å². The van der Waals surface area contributed by atoms with E-state index in [1.807, 2.05) is 13.8 Å². The van der Waals surface area contributed by atoms with Crippen molar-refractivity contribution in [3.63, 3.8) is 0 Å². The summed E-state index contributed by atoms with van der Waals surface area (Å²) in [6.07, 6.45) is 1.70. The molecule has 0 saturated heterocycles. The van der Waals surface area contributed by atoms with E-state index in [-0.39, 0.29) is 24.9 Å². The van der Waals surface area contributed by atoms with Gasteiger partial charge in [-0.05, 0) is 12.8 Å². The van der Waals surface area contributed by atoms with Crippen LogP contribution in [0.3, 0.4) is 0 Å². The summed E-state index contributed by atoms with van der Waals surface area (Å²) in [5, 5.41) is 11.2. The van der Waals surface area contributed by atoms with E-state index in [2.05, 4.69) is 5.32 Å². The zero-order valence-corrected chi connectivity index (χ0v) is 11.8. The van der Waals surface area contributed by atoms with Crippen LogP contribution in [0.1, 0.15) is 33.1 Å². The number of rotatable bonds is 12. The van der Waals surface area contributed by atoms with Crippen LogP contribution in [-0.4, -0.2) is 50.0 Å². The van der Waals surface area contributed by atoms with Gasteiger partial charge >= 0.3 is 5.97 Å². The lowest BCUT2D eigenvalue weighted by molar-refractivity contribution is -0.138. The molecule has 6 heteroatoms. The summed E-state index contributed by atoms with van der Waals surface area (Å²) >= 11 is 0. The predicted molar refractivity (Wildman–Crippen MR) is 71.0 cm³/mol. The standard InChI is InChI=1S/C13H25NO5/c1-3-11(4-2)13(17)14-6-8-19-10-9-18-7-5-12(15)16/h11H,3-10H2,1-2H3,(H,14,17)(H,15,16). The molecule has 0 radical (unpaired) electrons. The molecule has 1 amide bonds. The molecule has 0 atom stereocenters.